The molecule has 0 bridgehead atoms. The summed E-state index contributed by atoms with van der Waals surface area (Å²) in [6, 6.07) is 13.6. The van der Waals surface area contributed by atoms with E-state index >= 15 is 0 Å². The maximum absolute atomic E-state index is 12.1. The molecule has 49 heavy (non-hydrogen) atoms. The fourth-order valence-electron chi connectivity index (χ4n) is 4.99. The number of ether oxygens (including phenoxy) is 6. The van der Waals surface area contributed by atoms with Crippen molar-refractivity contribution in [1.82, 2.24) is 20.1 Å². The van der Waals surface area contributed by atoms with Crippen molar-refractivity contribution in [1.29, 1.82) is 0 Å². The minimum absolute atomic E-state index is 0.130. The van der Waals surface area contributed by atoms with Gasteiger partial charge < -0.3 is 33.7 Å². The number of nitrogens with zero attached hydrogens (tertiary/aromatic N) is 3. The second kappa shape index (κ2) is 22.8. The second-order valence-corrected chi connectivity index (χ2v) is 14.0. The summed E-state index contributed by atoms with van der Waals surface area (Å²) in [6.45, 7) is 15.8. The molecule has 3 rings (SSSR count). The van der Waals surface area contributed by atoms with Gasteiger partial charge in [0.2, 0.25) is 0 Å². The van der Waals surface area contributed by atoms with Gasteiger partial charge in [-0.15, -0.1) is 0 Å². The number of esters is 1. The number of aromatic nitrogens is 1. The van der Waals surface area contributed by atoms with Gasteiger partial charge in [0.05, 0.1) is 70.7 Å². The minimum Gasteiger partial charge on any atom is -0.465 e. The lowest BCUT2D eigenvalue weighted by molar-refractivity contribution is -0.0237. The van der Waals surface area contributed by atoms with Crippen molar-refractivity contribution >= 4 is 23.8 Å². The normalized spacial score (nSPS) is 18.6. The van der Waals surface area contributed by atoms with Crippen molar-refractivity contribution in [3.8, 4) is 0 Å². The van der Waals surface area contributed by atoms with Crippen molar-refractivity contribution in [2.24, 2.45) is 0 Å². The Morgan fingerprint density at radius 3 is 2.29 bits per heavy atom. The van der Waals surface area contributed by atoms with E-state index in [-0.39, 0.29) is 12.1 Å². The van der Waals surface area contributed by atoms with Gasteiger partial charge in [-0.1, -0.05) is 18.2 Å². The Hall–Kier alpha value is -2.78. The number of nitrogens with one attached hydrogen (secondary N) is 1. The van der Waals surface area contributed by atoms with E-state index in [2.05, 4.69) is 20.1 Å². The van der Waals surface area contributed by atoms with Crippen LogP contribution in [0.4, 0.5) is 4.79 Å². The molecule has 12 nitrogen and oxygen atoms in total. The van der Waals surface area contributed by atoms with Gasteiger partial charge in [0.25, 0.3) is 0 Å². The largest absolute Gasteiger partial charge is 0.465 e. The van der Waals surface area contributed by atoms with Gasteiger partial charge in [0.15, 0.2) is 0 Å². The maximum Gasteiger partial charge on any atom is 0.407 e. The van der Waals surface area contributed by atoms with Crippen molar-refractivity contribution in [2.75, 3.05) is 97.6 Å². The van der Waals surface area contributed by atoms with Gasteiger partial charge in [-0.3, -0.25) is 14.8 Å². The first-order valence-corrected chi connectivity index (χ1v) is 18.2. The first kappa shape index (κ1) is 40.6. The Bertz CT molecular complexity index is 1250. The highest BCUT2D eigenvalue weighted by Gasteiger charge is 2.17. The molecule has 1 amide bonds. The van der Waals surface area contributed by atoms with Crippen LogP contribution in [0.1, 0.15) is 48.1 Å². The minimum atomic E-state index is -0.532. The van der Waals surface area contributed by atoms with E-state index in [4.69, 9.17) is 28.4 Å². The van der Waals surface area contributed by atoms with Gasteiger partial charge in [-0.25, -0.2) is 9.59 Å². The number of hydrogen-bond acceptors (Lipinski definition) is 12. The number of alkyl carbamates (subject to hydrolysis) is 1. The maximum atomic E-state index is 12.1. The highest BCUT2D eigenvalue weighted by atomic mass is 32.2. The standard InChI is InChI=1S/C36H56N4O8S/c1-29-8-6-11-32(38-29)26-40-14-18-45-22-21-44-17-13-39(25-30-9-7-10-31(24-30)34(41)43-5)15-19-46-27-33(47-20-16-40)28-49-23-12-37-35(42)48-36(2,3)4/h6-11,24,33H,12-23,25-28H2,1-5H3,(H,37,42)/t33-/m0/s1. The molecule has 0 saturated carbocycles. The highest BCUT2D eigenvalue weighted by molar-refractivity contribution is 7.99. The third-order valence-corrected chi connectivity index (χ3v) is 8.50. The highest BCUT2D eigenvalue weighted by Crippen LogP contribution is 2.12. The molecule has 1 fully saturated rings. The first-order chi connectivity index (χ1) is 23.6. The third kappa shape index (κ3) is 18.2. The molecule has 2 aromatic rings. The Morgan fingerprint density at radius 2 is 1.59 bits per heavy atom. The van der Waals surface area contributed by atoms with Crippen LogP contribution in [0.15, 0.2) is 42.5 Å². The van der Waals surface area contributed by atoms with Gasteiger partial charge in [-0.05, 0) is 57.5 Å². The number of hydrogen-bond donors (Lipinski definition) is 1. The molecule has 0 unspecified atom stereocenters. The summed E-state index contributed by atoms with van der Waals surface area (Å²) in [6.07, 6.45) is -0.544. The predicted octanol–water partition coefficient (Wildman–Crippen LogP) is 4.19. The summed E-state index contributed by atoms with van der Waals surface area (Å²) < 4.78 is 34.7. The van der Waals surface area contributed by atoms with Crippen LogP contribution in [0.5, 0.6) is 0 Å². The molecule has 0 aliphatic carbocycles. The number of thioether (sulfide) groups is 1. The smallest absolute Gasteiger partial charge is 0.407 e. The predicted molar refractivity (Wildman–Crippen MR) is 191 cm³/mol. The fraction of sp³-hybridized carbons (Fsp3) is 0.639. The number of pyridine rings is 1. The summed E-state index contributed by atoms with van der Waals surface area (Å²) in [5, 5.41) is 2.82. The van der Waals surface area contributed by atoms with E-state index in [0.717, 1.165) is 41.5 Å². The number of carbonyl (C=O) groups excluding carboxylic acids is 2. The van der Waals surface area contributed by atoms with Crippen LogP contribution in [-0.2, 0) is 41.5 Å². The summed E-state index contributed by atoms with van der Waals surface area (Å²) in [5.41, 5.74) is 3.01. The zero-order valence-corrected chi connectivity index (χ0v) is 30.8. The molecular formula is C36H56N4O8S. The molecular weight excluding hydrogens is 648 g/mol. The molecule has 274 valence electrons. The Labute approximate surface area is 296 Å². The fourth-order valence-corrected chi connectivity index (χ4v) is 5.86. The van der Waals surface area contributed by atoms with Crippen LogP contribution in [0, 0.1) is 6.92 Å². The van der Waals surface area contributed by atoms with Crippen LogP contribution in [0.3, 0.4) is 0 Å². The number of amides is 1. The molecule has 1 saturated heterocycles. The van der Waals surface area contributed by atoms with Gasteiger partial charge in [0.1, 0.15) is 5.60 Å². The molecule has 2 heterocycles. The molecule has 13 heteroatoms. The second-order valence-electron chi connectivity index (χ2n) is 12.8. The lowest BCUT2D eigenvalue weighted by atomic mass is 10.1. The van der Waals surface area contributed by atoms with Crippen LogP contribution in [0.25, 0.3) is 0 Å². The average Bonchev–Trinajstić information content (AvgIpc) is 3.05. The summed E-state index contributed by atoms with van der Waals surface area (Å²) >= 11 is 1.70. The molecule has 1 aromatic heterocycles. The molecule has 0 radical (unpaired) electrons. The van der Waals surface area contributed by atoms with E-state index in [1.807, 2.05) is 64.1 Å². The van der Waals surface area contributed by atoms with Gasteiger partial charge >= 0.3 is 12.1 Å². The summed E-state index contributed by atoms with van der Waals surface area (Å²) in [7, 11) is 1.39. The van der Waals surface area contributed by atoms with Crippen molar-refractivity contribution in [2.45, 2.75) is 52.5 Å². The van der Waals surface area contributed by atoms with E-state index in [1.165, 1.54) is 7.11 Å². The first-order valence-electron chi connectivity index (χ1n) is 17.0. The van der Waals surface area contributed by atoms with E-state index < -0.39 is 11.7 Å². The van der Waals surface area contributed by atoms with E-state index in [0.29, 0.717) is 84.5 Å². The summed E-state index contributed by atoms with van der Waals surface area (Å²) in [5.74, 6) is 1.09. The zero-order chi connectivity index (χ0) is 35.3. The molecule has 1 aliphatic rings. The summed E-state index contributed by atoms with van der Waals surface area (Å²) in [4.78, 5) is 33.3. The molecule has 1 atom stereocenters. The zero-order valence-electron chi connectivity index (χ0n) is 29.9. The number of benzene rings is 1. The van der Waals surface area contributed by atoms with E-state index in [1.54, 1.807) is 17.8 Å². The lowest BCUT2D eigenvalue weighted by Crippen LogP contribution is -2.35. The number of aryl methyl sites for hydroxylation is 1. The average molecular weight is 705 g/mol. The van der Waals surface area contributed by atoms with Crippen molar-refractivity contribution in [3.05, 3.63) is 65.0 Å². The quantitative estimate of drug-likeness (QED) is 0.282. The van der Waals surface area contributed by atoms with Gasteiger partial charge in [-0.2, -0.15) is 11.8 Å². The van der Waals surface area contributed by atoms with Gasteiger partial charge in [0, 0.05) is 63.0 Å². The SMILES string of the molecule is COC(=O)c1cccc(CN2CCOCCOCCN(Cc3cccc(C)n3)CCO[C@H](CSCCNC(=O)OC(C)(C)C)COCC2)c1. The van der Waals surface area contributed by atoms with Crippen LogP contribution >= 0.6 is 11.8 Å². The Morgan fingerprint density at radius 1 is 0.918 bits per heavy atom. The lowest BCUT2D eigenvalue weighted by Gasteiger charge is -2.26. The van der Waals surface area contributed by atoms with Crippen LogP contribution in [-0.4, -0.2) is 136 Å². The number of carbonyl (C=O) groups is 2. The molecule has 0 spiro atoms. The number of methoxy groups -OCH3 is 1. The van der Waals surface area contributed by atoms with Crippen molar-refractivity contribution in [3.63, 3.8) is 0 Å². The third-order valence-electron chi connectivity index (χ3n) is 7.40. The molecule has 1 aliphatic heterocycles. The topological polar surface area (TPSA) is 121 Å². The Balaban J connectivity index is 1.59. The number of rotatable bonds is 10. The van der Waals surface area contributed by atoms with E-state index in [9.17, 15) is 9.59 Å². The Kier molecular flexibility index (Phi) is 18.9. The van der Waals surface area contributed by atoms with Crippen molar-refractivity contribution < 1.29 is 38.0 Å². The molecule has 1 N–H and O–H groups in total. The monoisotopic (exact) mass is 704 g/mol. The van der Waals surface area contributed by atoms with Crippen LogP contribution < -0.4 is 5.32 Å². The molecule has 1 aromatic carbocycles. The van der Waals surface area contributed by atoms with Crippen LogP contribution in [0.2, 0.25) is 0 Å².